The fourth-order valence-corrected chi connectivity index (χ4v) is 4.14. The molecule has 1 aliphatic rings. The largest absolute Gasteiger partial charge is 0.494 e. The highest BCUT2D eigenvalue weighted by Crippen LogP contribution is 2.46. The van der Waals surface area contributed by atoms with Gasteiger partial charge in [-0.25, -0.2) is 0 Å². The van der Waals surface area contributed by atoms with Gasteiger partial charge in [-0.15, -0.1) is 0 Å². The minimum atomic E-state index is -0.329. The topological polar surface area (TPSA) is 83.6 Å². The van der Waals surface area contributed by atoms with E-state index in [1.165, 1.54) is 18.4 Å². The van der Waals surface area contributed by atoms with Gasteiger partial charge in [-0.05, 0) is 54.5 Å². The first-order valence-electron chi connectivity index (χ1n) is 10.7. The number of aromatic nitrogens is 1. The van der Waals surface area contributed by atoms with Gasteiger partial charge in [-0.1, -0.05) is 30.3 Å². The quantitative estimate of drug-likeness (QED) is 0.398. The maximum absolute atomic E-state index is 11.9. The number of methoxy groups -OCH3 is 1. The van der Waals surface area contributed by atoms with Crippen LogP contribution in [0.25, 0.3) is 10.9 Å². The van der Waals surface area contributed by atoms with E-state index in [1.54, 1.807) is 0 Å². The Hall–Kier alpha value is -3.28. The molecule has 2 N–H and O–H groups in total. The summed E-state index contributed by atoms with van der Waals surface area (Å²) >= 11 is 0. The van der Waals surface area contributed by atoms with Gasteiger partial charge < -0.3 is 19.8 Å². The zero-order valence-electron chi connectivity index (χ0n) is 17.8. The molecule has 1 fully saturated rings. The Morgan fingerprint density at radius 2 is 1.90 bits per heavy atom. The molecule has 6 heteroatoms. The lowest BCUT2D eigenvalue weighted by Crippen LogP contribution is -2.15. The van der Waals surface area contributed by atoms with Gasteiger partial charge in [-0.3, -0.25) is 9.59 Å². The van der Waals surface area contributed by atoms with E-state index in [9.17, 15) is 9.59 Å². The number of carbonyl (C=O) groups excluding carboxylic acids is 2. The van der Waals surface area contributed by atoms with Crippen molar-refractivity contribution in [3.8, 4) is 5.75 Å². The molecule has 4 rings (SSSR count). The molecule has 1 aromatic heterocycles. The summed E-state index contributed by atoms with van der Waals surface area (Å²) in [5, 5.41) is 1.02. The first-order valence-corrected chi connectivity index (χ1v) is 10.7. The fraction of sp³-hybridized carbons (Fsp3) is 0.360. The number of hydrogen-bond acceptors (Lipinski definition) is 4. The van der Waals surface area contributed by atoms with Crippen LogP contribution < -0.4 is 10.5 Å². The van der Waals surface area contributed by atoms with Crippen molar-refractivity contribution in [3.63, 3.8) is 0 Å². The number of amides is 1. The first-order chi connectivity index (χ1) is 15.1. The molecular weight excluding hydrogens is 392 g/mol. The maximum atomic E-state index is 11.9. The third-order valence-electron chi connectivity index (χ3n) is 5.70. The average Bonchev–Trinajstić information content (AvgIpc) is 3.57. The predicted molar refractivity (Wildman–Crippen MR) is 119 cm³/mol. The molecule has 1 amide bonds. The van der Waals surface area contributed by atoms with E-state index >= 15 is 0 Å². The Morgan fingerprint density at radius 3 is 2.58 bits per heavy atom. The lowest BCUT2D eigenvalue weighted by molar-refractivity contribution is -0.140. The van der Waals surface area contributed by atoms with E-state index in [-0.39, 0.29) is 18.3 Å². The van der Waals surface area contributed by atoms with Crippen molar-refractivity contribution >= 4 is 22.8 Å². The molecule has 0 aliphatic heterocycles. The van der Waals surface area contributed by atoms with Crippen molar-refractivity contribution in [2.45, 2.75) is 44.6 Å². The molecule has 2 aromatic carbocycles. The molecule has 162 valence electrons. The summed E-state index contributed by atoms with van der Waals surface area (Å²) < 4.78 is 12.9. The normalized spacial score (nSPS) is 13.3. The number of fused-ring (bicyclic) bond motifs is 1. The van der Waals surface area contributed by atoms with E-state index in [4.69, 9.17) is 10.5 Å². The predicted octanol–water partition coefficient (Wildman–Crippen LogP) is 3.93. The molecule has 0 atom stereocenters. The van der Waals surface area contributed by atoms with Crippen molar-refractivity contribution in [2.75, 3.05) is 13.7 Å². The van der Waals surface area contributed by atoms with Crippen molar-refractivity contribution < 1.29 is 19.1 Å². The second kappa shape index (κ2) is 9.25. The molecule has 0 unspecified atom stereocenters. The molecule has 31 heavy (non-hydrogen) atoms. The van der Waals surface area contributed by atoms with E-state index < -0.39 is 0 Å². The highest BCUT2D eigenvalue weighted by molar-refractivity contribution is 5.91. The molecular formula is C25H28N2O4. The van der Waals surface area contributed by atoms with Crippen LogP contribution in [0.15, 0.2) is 48.5 Å². The number of primary amides is 1. The Balaban J connectivity index is 1.68. The van der Waals surface area contributed by atoms with Gasteiger partial charge in [-0.2, -0.15) is 0 Å². The highest BCUT2D eigenvalue weighted by atomic mass is 16.5. The van der Waals surface area contributed by atoms with Gasteiger partial charge >= 0.3 is 5.97 Å². The van der Waals surface area contributed by atoms with Crippen LogP contribution >= 0.6 is 0 Å². The van der Waals surface area contributed by atoms with Crippen LogP contribution in [0.5, 0.6) is 5.75 Å². The summed E-state index contributed by atoms with van der Waals surface area (Å²) in [6.45, 7) is 1.17. The fourth-order valence-electron chi connectivity index (χ4n) is 4.14. The first kappa shape index (κ1) is 21.0. The minimum Gasteiger partial charge on any atom is -0.494 e. The van der Waals surface area contributed by atoms with Crippen molar-refractivity contribution in [2.24, 2.45) is 5.73 Å². The van der Waals surface area contributed by atoms with Gasteiger partial charge in [0.25, 0.3) is 0 Å². The zero-order valence-corrected chi connectivity index (χ0v) is 17.8. The Morgan fingerprint density at radius 1 is 1.13 bits per heavy atom. The van der Waals surface area contributed by atoms with Crippen LogP contribution in [0, 0.1) is 0 Å². The number of nitrogens with two attached hydrogens (primary N) is 1. The number of benzene rings is 2. The van der Waals surface area contributed by atoms with E-state index in [0.717, 1.165) is 41.6 Å². The lowest BCUT2D eigenvalue weighted by atomic mass is 10.0. The number of rotatable bonds is 10. The SMILES string of the molecule is COC(=O)CCCOc1ccc2c(c1)c(CC(N)=O)c(C1CC1)n2Cc1ccccc1. The van der Waals surface area contributed by atoms with E-state index in [0.29, 0.717) is 25.4 Å². The molecule has 0 saturated heterocycles. The second-order valence-electron chi connectivity index (χ2n) is 8.06. The minimum absolute atomic E-state index is 0.218. The molecule has 3 aromatic rings. The molecule has 0 bridgehead atoms. The van der Waals surface area contributed by atoms with Crippen LogP contribution in [0.2, 0.25) is 0 Å². The van der Waals surface area contributed by atoms with Crippen molar-refractivity contribution in [1.82, 2.24) is 4.57 Å². The molecule has 6 nitrogen and oxygen atoms in total. The third-order valence-corrected chi connectivity index (χ3v) is 5.70. The highest BCUT2D eigenvalue weighted by Gasteiger charge is 2.32. The van der Waals surface area contributed by atoms with Crippen molar-refractivity contribution in [1.29, 1.82) is 0 Å². The van der Waals surface area contributed by atoms with Gasteiger partial charge in [0.15, 0.2) is 0 Å². The Bertz CT molecular complexity index is 1080. The van der Waals surface area contributed by atoms with Gasteiger partial charge in [0.05, 0.1) is 20.1 Å². The Labute approximate surface area is 181 Å². The molecule has 0 spiro atoms. The van der Waals surface area contributed by atoms with Crippen LogP contribution in [-0.4, -0.2) is 30.2 Å². The van der Waals surface area contributed by atoms with Crippen LogP contribution in [0.1, 0.15) is 48.4 Å². The lowest BCUT2D eigenvalue weighted by Gasteiger charge is -2.12. The number of carbonyl (C=O) groups is 2. The second-order valence-corrected chi connectivity index (χ2v) is 8.06. The number of nitrogens with zero attached hydrogens (tertiary/aromatic N) is 1. The van der Waals surface area contributed by atoms with Crippen LogP contribution in [-0.2, 0) is 27.3 Å². The third kappa shape index (κ3) is 4.90. The molecule has 0 radical (unpaired) electrons. The summed E-state index contributed by atoms with van der Waals surface area (Å²) in [5.74, 6) is 0.622. The number of ether oxygens (including phenoxy) is 2. The molecule has 1 saturated carbocycles. The van der Waals surface area contributed by atoms with Crippen LogP contribution in [0.3, 0.4) is 0 Å². The smallest absolute Gasteiger partial charge is 0.305 e. The van der Waals surface area contributed by atoms with Gasteiger partial charge in [0.2, 0.25) is 5.91 Å². The van der Waals surface area contributed by atoms with Crippen molar-refractivity contribution in [3.05, 3.63) is 65.4 Å². The monoisotopic (exact) mass is 420 g/mol. The summed E-state index contributed by atoms with van der Waals surface area (Å²) in [4.78, 5) is 23.2. The summed E-state index contributed by atoms with van der Waals surface area (Å²) in [5.41, 5.74) is 10.2. The van der Waals surface area contributed by atoms with Crippen LogP contribution in [0.4, 0.5) is 0 Å². The van der Waals surface area contributed by atoms with Gasteiger partial charge in [0, 0.05) is 29.6 Å². The summed E-state index contributed by atoms with van der Waals surface area (Å²) in [6, 6.07) is 16.4. The number of hydrogen-bond donors (Lipinski definition) is 1. The molecule has 1 aliphatic carbocycles. The molecule has 1 heterocycles. The van der Waals surface area contributed by atoms with E-state index in [2.05, 4.69) is 27.5 Å². The van der Waals surface area contributed by atoms with Gasteiger partial charge in [0.1, 0.15) is 5.75 Å². The zero-order chi connectivity index (χ0) is 21.8. The average molecular weight is 421 g/mol. The van der Waals surface area contributed by atoms with E-state index in [1.807, 2.05) is 30.3 Å². The summed E-state index contributed by atoms with van der Waals surface area (Å²) in [6.07, 6.45) is 3.39. The summed E-state index contributed by atoms with van der Waals surface area (Å²) in [7, 11) is 1.38. The standard InChI is InChI=1S/C25H28N2O4/c1-30-24(29)8-5-13-31-19-11-12-22-20(14-19)21(15-23(26)28)25(18-9-10-18)27(22)16-17-6-3-2-4-7-17/h2-4,6-7,11-12,14,18H,5,8-10,13,15-16H2,1H3,(H2,26,28). The number of esters is 1. The Kier molecular flexibility index (Phi) is 6.26. The maximum Gasteiger partial charge on any atom is 0.305 e.